The summed E-state index contributed by atoms with van der Waals surface area (Å²) in [6.07, 6.45) is 1.97. The number of fused-ring (bicyclic) bond motifs is 2. The minimum Gasteiger partial charge on any atom is -0.361 e. The maximum atomic E-state index is 4.76. The van der Waals surface area contributed by atoms with Crippen molar-refractivity contribution in [2.24, 2.45) is 0 Å². The van der Waals surface area contributed by atoms with Crippen LogP contribution in [0.25, 0.3) is 33.1 Å². The van der Waals surface area contributed by atoms with Gasteiger partial charge in [-0.25, -0.2) is 4.98 Å². The van der Waals surface area contributed by atoms with E-state index in [9.17, 15) is 0 Å². The molecular weight excluding hydrogens is 232 g/mol. The Morgan fingerprint density at radius 2 is 1.63 bits per heavy atom. The molecule has 0 bridgehead atoms. The van der Waals surface area contributed by atoms with Gasteiger partial charge in [0.1, 0.15) is 0 Å². The van der Waals surface area contributed by atoms with Crippen LogP contribution in [-0.4, -0.2) is 9.97 Å². The van der Waals surface area contributed by atoms with Crippen molar-refractivity contribution in [2.75, 3.05) is 0 Å². The fourth-order valence-electron chi connectivity index (χ4n) is 2.51. The van der Waals surface area contributed by atoms with Crippen LogP contribution in [0, 0.1) is 0 Å². The van der Waals surface area contributed by atoms with Crippen LogP contribution >= 0.6 is 0 Å². The molecule has 2 nitrogen and oxygen atoms in total. The normalized spacial score (nSPS) is 11.2. The minimum absolute atomic E-state index is 1.01. The minimum atomic E-state index is 1.01. The molecule has 2 aromatic heterocycles. The molecule has 90 valence electrons. The quantitative estimate of drug-likeness (QED) is 0.528. The highest BCUT2D eigenvalue weighted by Gasteiger charge is 2.06. The molecule has 4 rings (SSSR count). The Balaban J connectivity index is 2.01. The third-order valence-corrected chi connectivity index (χ3v) is 3.46. The number of pyridine rings is 1. The van der Waals surface area contributed by atoms with Gasteiger partial charge >= 0.3 is 0 Å². The molecule has 0 aliphatic heterocycles. The Labute approximate surface area is 110 Å². The summed E-state index contributed by atoms with van der Waals surface area (Å²) < 4.78 is 0. The van der Waals surface area contributed by atoms with Crippen molar-refractivity contribution < 1.29 is 0 Å². The molecule has 0 fully saturated rings. The number of aromatic nitrogens is 2. The van der Waals surface area contributed by atoms with Crippen LogP contribution in [0.4, 0.5) is 0 Å². The van der Waals surface area contributed by atoms with E-state index in [1.54, 1.807) is 0 Å². The summed E-state index contributed by atoms with van der Waals surface area (Å²) >= 11 is 0. The second-order valence-corrected chi connectivity index (χ2v) is 4.64. The summed E-state index contributed by atoms with van der Waals surface area (Å²) in [6, 6.07) is 20.8. The largest absolute Gasteiger partial charge is 0.361 e. The van der Waals surface area contributed by atoms with E-state index >= 15 is 0 Å². The second kappa shape index (κ2) is 3.95. The summed E-state index contributed by atoms with van der Waals surface area (Å²) in [5.41, 5.74) is 4.33. The van der Waals surface area contributed by atoms with Crippen LogP contribution in [0.1, 0.15) is 0 Å². The highest BCUT2D eigenvalue weighted by Crippen LogP contribution is 2.27. The number of hydrogen-bond acceptors (Lipinski definition) is 1. The van der Waals surface area contributed by atoms with Crippen LogP contribution in [0.15, 0.2) is 66.9 Å². The third-order valence-electron chi connectivity index (χ3n) is 3.46. The van der Waals surface area contributed by atoms with E-state index in [0.29, 0.717) is 0 Å². The van der Waals surface area contributed by atoms with E-state index < -0.39 is 0 Å². The standard InChI is InChI=1S/C17H12N2/c1-2-7-15-12(4-1)8-9-16(19-15)14-6-3-5-13-10-11-18-17(13)14/h1-11,18H. The average molecular weight is 244 g/mol. The number of nitrogens with one attached hydrogen (secondary N) is 1. The third kappa shape index (κ3) is 1.61. The molecule has 0 spiro atoms. The summed E-state index contributed by atoms with van der Waals surface area (Å²) in [6.45, 7) is 0. The zero-order chi connectivity index (χ0) is 12.7. The maximum Gasteiger partial charge on any atom is 0.0730 e. The lowest BCUT2D eigenvalue weighted by Gasteiger charge is -2.04. The SMILES string of the molecule is c1ccc2nc(-c3cccc4cc[nH]c34)ccc2c1. The molecule has 0 saturated carbocycles. The summed E-state index contributed by atoms with van der Waals surface area (Å²) in [7, 11) is 0. The molecule has 4 aromatic rings. The second-order valence-electron chi connectivity index (χ2n) is 4.64. The highest BCUT2D eigenvalue weighted by molar-refractivity contribution is 5.94. The topological polar surface area (TPSA) is 28.7 Å². The van der Waals surface area contributed by atoms with Gasteiger partial charge < -0.3 is 4.98 Å². The molecule has 19 heavy (non-hydrogen) atoms. The van der Waals surface area contributed by atoms with Crippen molar-refractivity contribution >= 4 is 21.8 Å². The molecule has 0 aliphatic carbocycles. The highest BCUT2D eigenvalue weighted by atomic mass is 14.7. The van der Waals surface area contributed by atoms with Gasteiger partial charge in [0.25, 0.3) is 0 Å². The molecule has 0 aliphatic rings. The first kappa shape index (κ1) is 10.3. The fraction of sp³-hybridized carbons (Fsp3) is 0. The molecule has 2 heteroatoms. The van der Waals surface area contributed by atoms with Crippen molar-refractivity contribution in [1.82, 2.24) is 9.97 Å². The average Bonchev–Trinajstić information content (AvgIpc) is 2.95. The van der Waals surface area contributed by atoms with Crippen LogP contribution < -0.4 is 0 Å². The number of benzene rings is 2. The van der Waals surface area contributed by atoms with Gasteiger partial charge in [-0.05, 0) is 18.2 Å². The monoisotopic (exact) mass is 244 g/mol. The van der Waals surface area contributed by atoms with Crippen molar-refractivity contribution in [3.8, 4) is 11.3 Å². The van der Waals surface area contributed by atoms with Crippen LogP contribution in [-0.2, 0) is 0 Å². The summed E-state index contributed by atoms with van der Waals surface area (Å²) in [4.78, 5) is 8.05. The van der Waals surface area contributed by atoms with Gasteiger partial charge in [-0.1, -0.05) is 42.5 Å². The van der Waals surface area contributed by atoms with E-state index in [2.05, 4.69) is 47.4 Å². The molecule has 0 saturated heterocycles. The molecular formula is C17H12N2. The van der Waals surface area contributed by atoms with Crippen LogP contribution in [0.2, 0.25) is 0 Å². The molecule has 0 unspecified atom stereocenters. The molecule has 1 N–H and O–H groups in total. The predicted octanol–water partition coefficient (Wildman–Crippen LogP) is 4.38. The number of hydrogen-bond donors (Lipinski definition) is 1. The van der Waals surface area contributed by atoms with E-state index in [1.165, 1.54) is 10.8 Å². The maximum absolute atomic E-state index is 4.76. The van der Waals surface area contributed by atoms with E-state index in [0.717, 1.165) is 22.3 Å². The van der Waals surface area contributed by atoms with Crippen LogP contribution in [0.3, 0.4) is 0 Å². The number of rotatable bonds is 1. The van der Waals surface area contributed by atoms with E-state index in [-0.39, 0.29) is 0 Å². The van der Waals surface area contributed by atoms with Gasteiger partial charge in [0.05, 0.1) is 16.7 Å². The Bertz CT molecular complexity index is 874. The molecule has 2 aromatic carbocycles. The molecule has 2 heterocycles. The Hall–Kier alpha value is -2.61. The van der Waals surface area contributed by atoms with Crippen molar-refractivity contribution in [3.05, 3.63) is 66.9 Å². The van der Waals surface area contributed by atoms with E-state index in [1.807, 2.05) is 24.4 Å². The number of H-pyrrole nitrogens is 1. The van der Waals surface area contributed by atoms with Gasteiger partial charge in [-0.15, -0.1) is 0 Å². The lowest BCUT2D eigenvalue weighted by Crippen LogP contribution is -1.86. The Morgan fingerprint density at radius 3 is 2.63 bits per heavy atom. The number of aromatic amines is 1. The number of para-hydroxylation sites is 2. The van der Waals surface area contributed by atoms with Gasteiger partial charge in [-0.3, -0.25) is 0 Å². The van der Waals surface area contributed by atoms with Crippen LogP contribution in [0.5, 0.6) is 0 Å². The fourth-order valence-corrected chi connectivity index (χ4v) is 2.51. The zero-order valence-electron chi connectivity index (χ0n) is 10.3. The Kier molecular flexibility index (Phi) is 2.15. The van der Waals surface area contributed by atoms with Gasteiger partial charge in [0, 0.05) is 22.5 Å². The first-order chi connectivity index (χ1) is 9.42. The summed E-state index contributed by atoms with van der Waals surface area (Å²) in [5.74, 6) is 0. The lowest BCUT2D eigenvalue weighted by atomic mass is 10.1. The molecule has 0 radical (unpaired) electrons. The summed E-state index contributed by atoms with van der Waals surface area (Å²) in [5, 5.41) is 2.39. The van der Waals surface area contributed by atoms with Gasteiger partial charge in [0.15, 0.2) is 0 Å². The van der Waals surface area contributed by atoms with Gasteiger partial charge in [0.2, 0.25) is 0 Å². The first-order valence-corrected chi connectivity index (χ1v) is 6.34. The first-order valence-electron chi connectivity index (χ1n) is 6.34. The smallest absolute Gasteiger partial charge is 0.0730 e. The van der Waals surface area contributed by atoms with E-state index in [4.69, 9.17) is 4.98 Å². The van der Waals surface area contributed by atoms with Gasteiger partial charge in [-0.2, -0.15) is 0 Å². The molecule has 0 atom stereocenters. The number of nitrogens with zero attached hydrogens (tertiary/aromatic N) is 1. The predicted molar refractivity (Wildman–Crippen MR) is 79.0 cm³/mol. The lowest BCUT2D eigenvalue weighted by molar-refractivity contribution is 1.39. The Morgan fingerprint density at radius 1 is 0.737 bits per heavy atom. The van der Waals surface area contributed by atoms with Crippen molar-refractivity contribution in [1.29, 1.82) is 0 Å². The molecule has 0 amide bonds. The van der Waals surface area contributed by atoms with Crippen molar-refractivity contribution in [3.63, 3.8) is 0 Å². The van der Waals surface area contributed by atoms with Crippen molar-refractivity contribution in [2.45, 2.75) is 0 Å². The zero-order valence-corrected chi connectivity index (χ0v) is 10.3.